The summed E-state index contributed by atoms with van der Waals surface area (Å²) in [7, 11) is 0. The van der Waals surface area contributed by atoms with Gasteiger partial charge in [0, 0.05) is 31.1 Å². The van der Waals surface area contributed by atoms with Crippen LogP contribution >= 0.6 is 0 Å². The minimum Gasteiger partial charge on any atom is -0.350 e. The average Bonchev–Trinajstić information content (AvgIpc) is 2.32. The van der Waals surface area contributed by atoms with Crippen molar-refractivity contribution in [3.63, 3.8) is 0 Å². The van der Waals surface area contributed by atoms with Crippen LogP contribution in [0.2, 0.25) is 0 Å². The van der Waals surface area contributed by atoms with Crippen molar-refractivity contribution in [3.05, 3.63) is 70.1 Å². The van der Waals surface area contributed by atoms with E-state index in [0.717, 1.165) is 17.7 Å². The van der Waals surface area contributed by atoms with Gasteiger partial charge in [-0.15, -0.1) is 0 Å². The summed E-state index contributed by atoms with van der Waals surface area (Å²) >= 11 is 0. The smallest absolute Gasteiger partial charge is 0.350 e. The van der Waals surface area contributed by atoms with E-state index in [4.69, 9.17) is 0 Å². The topological polar surface area (TPSA) is 22.0 Å². The Hall–Kier alpha value is -2.04. The van der Waals surface area contributed by atoms with Crippen molar-refractivity contribution >= 4 is 0 Å². The molecule has 0 bridgehead atoms. The fourth-order valence-electron chi connectivity index (χ4n) is 1.56. The van der Waals surface area contributed by atoms with E-state index in [1.807, 2.05) is 0 Å². The normalized spacial score (nSPS) is 11.5. The molecule has 0 unspecified atom stereocenters. The first kappa shape index (κ1) is 12.4. The van der Waals surface area contributed by atoms with Crippen LogP contribution in [0.3, 0.4) is 0 Å². The Bertz CT molecular complexity index is 564. The van der Waals surface area contributed by atoms with Crippen LogP contribution in [-0.4, -0.2) is 4.57 Å². The average molecular weight is 253 g/mol. The summed E-state index contributed by atoms with van der Waals surface area (Å²) in [6, 6.07) is 7.78. The van der Waals surface area contributed by atoms with E-state index in [1.54, 1.807) is 17.0 Å². The van der Waals surface area contributed by atoms with Gasteiger partial charge in [0.25, 0.3) is 0 Å². The number of hydrogen-bond donors (Lipinski definition) is 0. The molecule has 0 saturated carbocycles. The third-order valence-electron chi connectivity index (χ3n) is 2.51. The molecule has 2 nitrogen and oxygen atoms in total. The fraction of sp³-hybridized carbons (Fsp3) is 0.154. The molecule has 0 aliphatic heterocycles. The summed E-state index contributed by atoms with van der Waals surface area (Å²) < 4.78 is 38.8. The van der Waals surface area contributed by atoms with Crippen molar-refractivity contribution in [3.8, 4) is 0 Å². The maximum Gasteiger partial charge on any atom is 0.416 e. The molecule has 1 heterocycles. The lowest BCUT2D eigenvalue weighted by molar-refractivity contribution is -0.137. The van der Waals surface area contributed by atoms with Crippen LogP contribution in [0.25, 0.3) is 0 Å². The van der Waals surface area contributed by atoms with Gasteiger partial charge in [-0.3, -0.25) is 4.79 Å². The maximum absolute atomic E-state index is 12.4. The lowest BCUT2D eigenvalue weighted by Gasteiger charge is -2.09. The standard InChI is InChI=1S/C13H10F3NO/c14-13(15,16)11-3-1-10(2-4-11)9-17-7-5-12(18)6-8-17/h1-8H,9H2. The zero-order valence-corrected chi connectivity index (χ0v) is 9.32. The van der Waals surface area contributed by atoms with E-state index in [-0.39, 0.29) is 5.43 Å². The maximum atomic E-state index is 12.4. The molecule has 2 aromatic rings. The number of alkyl halides is 3. The Kier molecular flexibility index (Phi) is 3.23. The van der Waals surface area contributed by atoms with E-state index in [1.165, 1.54) is 24.3 Å². The molecule has 1 aromatic heterocycles. The van der Waals surface area contributed by atoms with Gasteiger partial charge in [0.05, 0.1) is 5.56 Å². The van der Waals surface area contributed by atoms with Gasteiger partial charge >= 0.3 is 6.18 Å². The van der Waals surface area contributed by atoms with Crippen molar-refractivity contribution in [2.45, 2.75) is 12.7 Å². The Morgan fingerprint density at radius 2 is 1.50 bits per heavy atom. The Balaban J connectivity index is 2.16. The lowest BCUT2D eigenvalue weighted by atomic mass is 10.1. The van der Waals surface area contributed by atoms with Crippen molar-refractivity contribution in [2.24, 2.45) is 0 Å². The summed E-state index contributed by atoms with van der Waals surface area (Å²) in [6.07, 6.45) is -1.12. The van der Waals surface area contributed by atoms with E-state index < -0.39 is 11.7 Å². The van der Waals surface area contributed by atoms with Crippen LogP contribution in [0.4, 0.5) is 13.2 Å². The molecule has 1 aromatic carbocycles. The zero-order chi connectivity index (χ0) is 13.2. The van der Waals surface area contributed by atoms with Crippen molar-refractivity contribution in [2.75, 3.05) is 0 Å². The molecule has 0 atom stereocenters. The van der Waals surface area contributed by atoms with Gasteiger partial charge in [0.1, 0.15) is 0 Å². The number of pyridine rings is 1. The largest absolute Gasteiger partial charge is 0.416 e. The lowest BCUT2D eigenvalue weighted by Crippen LogP contribution is -2.06. The monoisotopic (exact) mass is 253 g/mol. The van der Waals surface area contributed by atoms with Crippen LogP contribution in [-0.2, 0) is 12.7 Å². The van der Waals surface area contributed by atoms with Gasteiger partial charge in [-0.25, -0.2) is 0 Å². The molecule has 18 heavy (non-hydrogen) atoms. The Morgan fingerprint density at radius 1 is 0.944 bits per heavy atom. The summed E-state index contributed by atoms with van der Waals surface area (Å²) in [5.41, 5.74) is -0.0172. The fourth-order valence-corrected chi connectivity index (χ4v) is 1.56. The first-order valence-electron chi connectivity index (χ1n) is 5.27. The molecule has 0 fully saturated rings. The van der Waals surface area contributed by atoms with E-state index >= 15 is 0 Å². The third-order valence-corrected chi connectivity index (χ3v) is 2.51. The summed E-state index contributed by atoms with van der Waals surface area (Å²) in [6.45, 7) is 0.429. The first-order chi connectivity index (χ1) is 8.45. The molecule has 94 valence electrons. The molecule has 5 heteroatoms. The van der Waals surface area contributed by atoms with Gasteiger partial charge in [0.15, 0.2) is 5.43 Å². The van der Waals surface area contributed by atoms with Crippen molar-refractivity contribution in [1.82, 2.24) is 4.57 Å². The van der Waals surface area contributed by atoms with Crippen LogP contribution in [0.1, 0.15) is 11.1 Å². The SMILES string of the molecule is O=c1ccn(Cc2ccc(C(F)(F)F)cc2)cc1. The van der Waals surface area contributed by atoms with Gasteiger partial charge in [-0.05, 0) is 17.7 Å². The van der Waals surface area contributed by atoms with Crippen LogP contribution in [0.5, 0.6) is 0 Å². The highest BCUT2D eigenvalue weighted by molar-refractivity contribution is 5.24. The first-order valence-corrected chi connectivity index (χ1v) is 5.27. The summed E-state index contributed by atoms with van der Waals surface area (Å²) in [5, 5.41) is 0. The summed E-state index contributed by atoms with van der Waals surface area (Å²) in [4.78, 5) is 10.9. The quantitative estimate of drug-likeness (QED) is 0.806. The van der Waals surface area contributed by atoms with E-state index in [0.29, 0.717) is 6.54 Å². The van der Waals surface area contributed by atoms with Gasteiger partial charge in [-0.1, -0.05) is 12.1 Å². The minimum absolute atomic E-state index is 0.0985. The number of rotatable bonds is 2. The van der Waals surface area contributed by atoms with E-state index in [2.05, 4.69) is 0 Å². The Morgan fingerprint density at radius 3 is 2.00 bits per heavy atom. The molecule has 0 amide bonds. The molecular weight excluding hydrogens is 243 g/mol. The molecule has 0 aliphatic carbocycles. The zero-order valence-electron chi connectivity index (χ0n) is 9.32. The number of halogens is 3. The third kappa shape index (κ3) is 3.00. The number of hydrogen-bond acceptors (Lipinski definition) is 1. The van der Waals surface area contributed by atoms with Gasteiger partial charge < -0.3 is 4.57 Å². The predicted molar refractivity (Wildman–Crippen MR) is 61.2 cm³/mol. The molecule has 0 saturated heterocycles. The highest BCUT2D eigenvalue weighted by atomic mass is 19.4. The van der Waals surface area contributed by atoms with Gasteiger partial charge in [0.2, 0.25) is 0 Å². The van der Waals surface area contributed by atoms with E-state index in [9.17, 15) is 18.0 Å². The summed E-state index contributed by atoms with van der Waals surface area (Å²) in [5.74, 6) is 0. The van der Waals surface area contributed by atoms with Gasteiger partial charge in [-0.2, -0.15) is 13.2 Å². The highest BCUT2D eigenvalue weighted by Crippen LogP contribution is 2.29. The van der Waals surface area contributed by atoms with Crippen LogP contribution in [0.15, 0.2) is 53.6 Å². The molecule has 0 radical (unpaired) electrons. The molecule has 2 rings (SSSR count). The molecule has 0 aliphatic rings. The minimum atomic E-state index is -4.31. The van der Waals surface area contributed by atoms with Crippen LogP contribution in [0, 0.1) is 0 Å². The highest BCUT2D eigenvalue weighted by Gasteiger charge is 2.29. The van der Waals surface area contributed by atoms with Crippen LogP contribution < -0.4 is 5.43 Å². The second-order valence-electron chi connectivity index (χ2n) is 3.90. The predicted octanol–water partition coefficient (Wildman–Crippen LogP) is 2.92. The Labute approximate surface area is 101 Å². The number of nitrogens with zero attached hydrogens (tertiary/aromatic N) is 1. The van der Waals surface area contributed by atoms with Crippen molar-refractivity contribution < 1.29 is 13.2 Å². The molecule has 0 spiro atoms. The second kappa shape index (κ2) is 4.68. The number of benzene rings is 1. The molecular formula is C13H10F3NO. The van der Waals surface area contributed by atoms with Crippen molar-refractivity contribution in [1.29, 1.82) is 0 Å². The number of aromatic nitrogens is 1. The molecule has 0 N–H and O–H groups in total. The second-order valence-corrected chi connectivity index (χ2v) is 3.90.